The number of benzene rings is 1. The van der Waals surface area contributed by atoms with Gasteiger partial charge >= 0.3 is 6.09 Å². The highest BCUT2D eigenvalue weighted by Gasteiger charge is 2.35. The minimum atomic E-state index is -1.03. The largest absolute Gasteiger partial charge is 0.493 e. The van der Waals surface area contributed by atoms with Gasteiger partial charge in [-0.3, -0.25) is 4.90 Å². The Bertz CT molecular complexity index is 622. The number of hydrogen-bond acceptors (Lipinski definition) is 3. The Hall–Kier alpha value is -1.88. The van der Waals surface area contributed by atoms with E-state index in [1.54, 1.807) is 18.2 Å². The number of nitrogens with zero attached hydrogens (tertiary/aromatic N) is 1. The molecule has 0 fully saturated rings. The van der Waals surface area contributed by atoms with E-state index in [4.69, 9.17) is 21.1 Å². The molecule has 0 saturated heterocycles. The van der Waals surface area contributed by atoms with Gasteiger partial charge in [-0.25, -0.2) is 4.79 Å². The summed E-state index contributed by atoms with van der Waals surface area (Å²) in [6.07, 6.45) is 0.232. The lowest BCUT2D eigenvalue weighted by atomic mass is 9.88. The van der Waals surface area contributed by atoms with Crippen LogP contribution in [0.15, 0.2) is 24.5 Å². The smallest absolute Gasteiger partial charge is 0.412 e. The molecule has 1 heterocycles. The second kappa shape index (κ2) is 6.71. The van der Waals surface area contributed by atoms with Gasteiger partial charge in [0, 0.05) is 16.0 Å². The van der Waals surface area contributed by atoms with Gasteiger partial charge in [0.1, 0.15) is 18.1 Å². The van der Waals surface area contributed by atoms with Crippen LogP contribution in [0.2, 0.25) is 5.02 Å². The molecule has 1 atom stereocenters. The molecular weight excluding hydrogens is 318 g/mol. The van der Waals surface area contributed by atoms with Crippen LogP contribution in [0.3, 0.4) is 0 Å². The number of carboxylic acid groups (broad SMARTS) is 1. The first kappa shape index (κ1) is 17.5. The third kappa shape index (κ3) is 3.91. The van der Waals surface area contributed by atoms with Crippen molar-refractivity contribution in [2.75, 3.05) is 13.2 Å². The molecule has 5 nitrogen and oxygen atoms in total. The van der Waals surface area contributed by atoms with E-state index in [0.29, 0.717) is 28.6 Å². The molecular formula is C17H22ClNO4. The van der Waals surface area contributed by atoms with E-state index in [1.807, 2.05) is 27.7 Å². The van der Waals surface area contributed by atoms with Crippen molar-refractivity contribution in [3.8, 4) is 5.75 Å². The monoisotopic (exact) mass is 339 g/mol. The van der Waals surface area contributed by atoms with Gasteiger partial charge in [0.25, 0.3) is 0 Å². The minimum Gasteiger partial charge on any atom is -0.493 e. The van der Waals surface area contributed by atoms with E-state index in [-0.39, 0.29) is 18.1 Å². The van der Waals surface area contributed by atoms with Crippen LogP contribution in [0.25, 0.3) is 5.70 Å². The van der Waals surface area contributed by atoms with Crippen molar-refractivity contribution in [2.24, 2.45) is 5.41 Å². The predicted molar refractivity (Wildman–Crippen MR) is 89.7 cm³/mol. The zero-order valence-electron chi connectivity index (χ0n) is 13.8. The molecule has 0 aromatic heterocycles. The molecule has 0 aliphatic carbocycles. The van der Waals surface area contributed by atoms with Gasteiger partial charge < -0.3 is 14.6 Å². The Balaban J connectivity index is 2.46. The molecule has 23 heavy (non-hydrogen) atoms. The molecule has 0 bridgehead atoms. The van der Waals surface area contributed by atoms with Crippen LogP contribution in [-0.4, -0.2) is 35.4 Å². The fraction of sp³-hybridized carbons (Fsp3) is 0.471. The van der Waals surface area contributed by atoms with Crippen LogP contribution in [-0.2, 0) is 4.74 Å². The van der Waals surface area contributed by atoms with Crippen molar-refractivity contribution in [2.45, 2.75) is 33.8 Å². The van der Waals surface area contributed by atoms with Crippen LogP contribution in [0.4, 0.5) is 4.79 Å². The fourth-order valence-corrected chi connectivity index (χ4v) is 2.54. The van der Waals surface area contributed by atoms with Crippen molar-refractivity contribution < 1.29 is 19.4 Å². The Morgan fingerprint density at radius 1 is 1.48 bits per heavy atom. The summed E-state index contributed by atoms with van der Waals surface area (Å²) in [5.41, 5.74) is 0.866. The van der Waals surface area contributed by atoms with Crippen molar-refractivity contribution >= 4 is 23.4 Å². The van der Waals surface area contributed by atoms with E-state index in [0.717, 1.165) is 0 Å². The van der Waals surface area contributed by atoms with Crippen molar-refractivity contribution in [3.05, 3.63) is 35.0 Å². The van der Waals surface area contributed by atoms with E-state index in [9.17, 15) is 9.90 Å². The first-order valence-corrected chi connectivity index (χ1v) is 7.90. The van der Waals surface area contributed by atoms with Gasteiger partial charge in [-0.1, -0.05) is 32.4 Å². The van der Waals surface area contributed by atoms with Gasteiger partial charge in [0.15, 0.2) is 0 Å². The maximum atomic E-state index is 11.7. The van der Waals surface area contributed by atoms with Gasteiger partial charge in [-0.05, 0) is 25.1 Å². The van der Waals surface area contributed by atoms with E-state index < -0.39 is 6.09 Å². The first-order chi connectivity index (χ1) is 10.7. The Morgan fingerprint density at radius 2 is 2.17 bits per heavy atom. The van der Waals surface area contributed by atoms with Crippen LogP contribution in [0.1, 0.15) is 33.3 Å². The standard InChI is InChI=1S/C17H22ClNO4/c1-5-22-14-7-6-11(18)8-12(14)13-10-23-15(17(2,3)4)9-19(13)16(20)21/h6-8,10,15H,5,9H2,1-4H3,(H,20,21). The predicted octanol–water partition coefficient (Wildman–Crippen LogP) is 4.46. The quantitative estimate of drug-likeness (QED) is 0.883. The topological polar surface area (TPSA) is 59.0 Å². The highest BCUT2D eigenvalue weighted by Crippen LogP contribution is 2.36. The molecule has 1 aliphatic heterocycles. The molecule has 6 heteroatoms. The average molecular weight is 340 g/mol. The highest BCUT2D eigenvalue weighted by molar-refractivity contribution is 6.30. The molecule has 126 valence electrons. The van der Waals surface area contributed by atoms with Gasteiger partial charge in [0.05, 0.1) is 18.8 Å². The highest BCUT2D eigenvalue weighted by atomic mass is 35.5. The zero-order chi connectivity index (χ0) is 17.2. The summed E-state index contributed by atoms with van der Waals surface area (Å²) < 4.78 is 11.4. The van der Waals surface area contributed by atoms with Crippen molar-refractivity contribution in [1.29, 1.82) is 0 Å². The molecule has 1 aromatic carbocycles. The summed E-state index contributed by atoms with van der Waals surface area (Å²) in [6, 6.07) is 5.14. The second-order valence-electron chi connectivity index (χ2n) is 6.46. The van der Waals surface area contributed by atoms with Crippen LogP contribution >= 0.6 is 11.6 Å². The molecule has 0 saturated carbocycles. The molecule has 1 unspecified atom stereocenters. The number of ether oxygens (including phenoxy) is 2. The summed E-state index contributed by atoms with van der Waals surface area (Å²) in [5, 5.41) is 10.1. The molecule has 1 aromatic rings. The molecule has 1 amide bonds. The van der Waals surface area contributed by atoms with Crippen molar-refractivity contribution in [3.63, 3.8) is 0 Å². The average Bonchev–Trinajstić information content (AvgIpc) is 2.47. The van der Waals surface area contributed by atoms with Crippen LogP contribution in [0, 0.1) is 5.41 Å². The number of carbonyl (C=O) groups is 1. The number of hydrogen-bond donors (Lipinski definition) is 1. The lowest BCUT2D eigenvalue weighted by Crippen LogP contribution is -2.45. The SMILES string of the molecule is CCOc1ccc(Cl)cc1C1=COC(C(C)(C)C)CN1C(=O)O. The van der Waals surface area contributed by atoms with Gasteiger partial charge in [0.2, 0.25) is 0 Å². The molecule has 0 spiro atoms. The Morgan fingerprint density at radius 3 is 2.74 bits per heavy atom. The second-order valence-corrected chi connectivity index (χ2v) is 6.90. The summed E-state index contributed by atoms with van der Waals surface area (Å²) in [6.45, 7) is 8.64. The maximum absolute atomic E-state index is 11.7. The first-order valence-electron chi connectivity index (χ1n) is 7.53. The lowest BCUT2D eigenvalue weighted by molar-refractivity contribution is 0.0143. The summed E-state index contributed by atoms with van der Waals surface area (Å²) in [7, 11) is 0. The number of rotatable bonds is 3. The van der Waals surface area contributed by atoms with Gasteiger partial charge in [-0.2, -0.15) is 0 Å². The number of amides is 1. The maximum Gasteiger partial charge on any atom is 0.412 e. The molecule has 0 radical (unpaired) electrons. The third-order valence-electron chi connectivity index (χ3n) is 3.70. The molecule has 1 aliphatic rings. The van der Waals surface area contributed by atoms with Crippen molar-refractivity contribution in [1.82, 2.24) is 4.90 Å². The Labute approximate surface area is 141 Å². The minimum absolute atomic E-state index is 0.174. The van der Waals surface area contributed by atoms with E-state index >= 15 is 0 Å². The lowest BCUT2D eigenvalue weighted by Gasteiger charge is -2.38. The summed E-state index contributed by atoms with van der Waals surface area (Å²) >= 11 is 6.08. The summed E-state index contributed by atoms with van der Waals surface area (Å²) in [5.74, 6) is 0.576. The van der Waals surface area contributed by atoms with E-state index in [2.05, 4.69) is 0 Å². The number of halogens is 1. The molecule has 2 rings (SSSR count). The molecule has 1 N–H and O–H groups in total. The zero-order valence-corrected chi connectivity index (χ0v) is 14.6. The Kier molecular flexibility index (Phi) is 5.09. The van der Waals surface area contributed by atoms with Crippen LogP contribution in [0.5, 0.6) is 5.75 Å². The normalized spacial score (nSPS) is 18.2. The van der Waals surface area contributed by atoms with E-state index in [1.165, 1.54) is 11.2 Å². The third-order valence-corrected chi connectivity index (χ3v) is 3.93. The fourth-order valence-electron chi connectivity index (χ4n) is 2.37. The van der Waals surface area contributed by atoms with Crippen LogP contribution < -0.4 is 4.74 Å². The van der Waals surface area contributed by atoms with Gasteiger partial charge in [-0.15, -0.1) is 0 Å². The summed E-state index contributed by atoms with van der Waals surface area (Å²) in [4.78, 5) is 13.0.